The highest BCUT2D eigenvalue weighted by atomic mass is 16.7. The molecule has 13 heavy (non-hydrogen) atoms. The number of carbonyl (C=O) groups is 1. The number of benzene rings is 1. The van der Waals surface area contributed by atoms with Crippen LogP contribution in [0.15, 0.2) is 30.3 Å². The molecule has 1 aromatic rings. The van der Waals surface area contributed by atoms with Gasteiger partial charge in [0.2, 0.25) is 0 Å². The molecule has 0 aliphatic carbocycles. The van der Waals surface area contributed by atoms with E-state index >= 15 is 0 Å². The molecule has 0 aliphatic rings. The molecule has 4 nitrogen and oxygen atoms in total. The molecule has 0 spiro atoms. The maximum absolute atomic E-state index is 11.0. The predicted octanol–water partition coefficient (Wildman–Crippen LogP) is 1.77. The minimum atomic E-state index is -0.493. The number of amides is 2. The zero-order valence-electron chi connectivity index (χ0n) is 7.36. The molecule has 0 atom stereocenters. The van der Waals surface area contributed by atoms with Gasteiger partial charge >= 0.3 is 6.03 Å². The summed E-state index contributed by atoms with van der Waals surface area (Å²) in [6.45, 7) is 2.15. The highest BCUT2D eigenvalue weighted by Gasteiger charge is 2.01. The number of hydrogen-bond acceptors (Lipinski definition) is 2. The number of rotatable bonds is 3. The van der Waals surface area contributed by atoms with Gasteiger partial charge in [-0.05, 0) is 19.1 Å². The summed E-state index contributed by atoms with van der Waals surface area (Å²) in [5.74, 6) is 0. The summed E-state index contributed by atoms with van der Waals surface area (Å²) in [6, 6.07) is 8.59. The highest BCUT2D eigenvalue weighted by Crippen LogP contribution is 2.04. The molecule has 0 aliphatic heterocycles. The van der Waals surface area contributed by atoms with Crippen molar-refractivity contribution in [1.29, 1.82) is 0 Å². The Morgan fingerprint density at radius 3 is 2.77 bits per heavy atom. The number of hydroxylamine groups is 1. The fourth-order valence-electron chi connectivity index (χ4n) is 0.791. The summed E-state index contributed by atoms with van der Waals surface area (Å²) >= 11 is 0. The van der Waals surface area contributed by atoms with Crippen molar-refractivity contribution in [2.75, 3.05) is 11.9 Å². The van der Waals surface area contributed by atoms with E-state index in [4.69, 9.17) is 0 Å². The zero-order chi connectivity index (χ0) is 9.52. The largest absolute Gasteiger partial charge is 0.368 e. The van der Waals surface area contributed by atoms with E-state index in [1.165, 1.54) is 0 Å². The van der Waals surface area contributed by atoms with Crippen LogP contribution >= 0.6 is 0 Å². The minimum absolute atomic E-state index is 0.391. The molecule has 0 fully saturated rings. The number of hydrogen-bond donors (Lipinski definition) is 1. The standard InChI is InChI=1S/C9H11N2O2/c1-2-13-11-9(12)10-8-6-4-3-5-7-8/h3-7H,2H2,1H3,(H,10,12). The van der Waals surface area contributed by atoms with Crippen molar-refractivity contribution in [3.05, 3.63) is 30.3 Å². The Kier molecular flexibility index (Phi) is 3.78. The van der Waals surface area contributed by atoms with Crippen LogP contribution in [-0.4, -0.2) is 12.6 Å². The van der Waals surface area contributed by atoms with Crippen molar-refractivity contribution in [1.82, 2.24) is 5.48 Å². The average molecular weight is 179 g/mol. The smallest absolute Gasteiger partial charge is 0.304 e. The van der Waals surface area contributed by atoms with Crippen LogP contribution in [0.5, 0.6) is 0 Å². The molecular formula is C9H11N2O2. The van der Waals surface area contributed by atoms with E-state index in [0.717, 1.165) is 0 Å². The van der Waals surface area contributed by atoms with Gasteiger partial charge < -0.3 is 5.32 Å². The number of carbonyl (C=O) groups excluding carboxylic acids is 1. The third kappa shape index (κ3) is 3.57. The summed E-state index contributed by atoms with van der Waals surface area (Å²) in [4.78, 5) is 15.5. The molecule has 1 rings (SSSR count). The van der Waals surface area contributed by atoms with Gasteiger partial charge in [-0.25, -0.2) is 9.63 Å². The maximum atomic E-state index is 11.0. The Morgan fingerprint density at radius 2 is 2.15 bits per heavy atom. The molecule has 1 aromatic carbocycles. The number of urea groups is 1. The average Bonchev–Trinajstić information content (AvgIpc) is 2.16. The Bertz CT molecular complexity index is 262. The fraction of sp³-hybridized carbons (Fsp3) is 0.222. The zero-order valence-corrected chi connectivity index (χ0v) is 7.36. The molecule has 2 amide bonds. The van der Waals surface area contributed by atoms with Gasteiger partial charge in [-0.2, -0.15) is 0 Å². The van der Waals surface area contributed by atoms with Gasteiger partial charge in [0.15, 0.2) is 0 Å². The summed E-state index contributed by atoms with van der Waals surface area (Å²) in [5, 5.41) is 2.55. The molecule has 0 bridgehead atoms. The van der Waals surface area contributed by atoms with E-state index in [9.17, 15) is 4.79 Å². The number of nitrogens with one attached hydrogen (secondary N) is 1. The van der Waals surface area contributed by atoms with Crippen LogP contribution in [0.2, 0.25) is 0 Å². The van der Waals surface area contributed by atoms with E-state index in [2.05, 4.69) is 15.6 Å². The third-order valence-electron chi connectivity index (χ3n) is 1.30. The second-order valence-electron chi connectivity index (χ2n) is 2.31. The van der Waals surface area contributed by atoms with Crippen LogP contribution in [0.4, 0.5) is 10.5 Å². The van der Waals surface area contributed by atoms with E-state index in [1.807, 2.05) is 18.2 Å². The lowest BCUT2D eigenvalue weighted by Crippen LogP contribution is -2.22. The molecule has 4 heteroatoms. The molecular weight excluding hydrogens is 168 g/mol. The normalized spacial score (nSPS) is 9.31. The number of anilines is 1. The topological polar surface area (TPSA) is 52.4 Å². The lowest BCUT2D eigenvalue weighted by Gasteiger charge is -2.02. The van der Waals surface area contributed by atoms with Crippen LogP contribution < -0.4 is 10.8 Å². The van der Waals surface area contributed by atoms with E-state index in [-0.39, 0.29) is 0 Å². The molecule has 0 saturated carbocycles. The van der Waals surface area contributed by atoms with Gasteiger partial charge in [0, 0.05) is 5.69 Å². The van der Waals surface area contributed by atoms with Crippen LogP contribution in [0.25, 0.3) is 0 Å². The molecule has 0 heterocycles. The van der Waals surface area contributed by atoms with Crippen LogP contribution in [0.3, 0.4) is 0 Å². The first-order valence-corrected chi connectivity index (χ1v) is 4.02. The first-order chi connectivity index (χ1) is 6.33. The Morgan fingerprint density at radius 1 is 1.46 bits per heavy atom. The molecule has 1 radical (unpaired) electrons. The van der Waals surface area contributed by atoms with Gasteiger partial charge in [0.25, 0.3) is 0 Å². The number of para-hydroxylation sites is 1. The van der Waals surface area contributed by atoms with Gasteiger partial charge in [0.1, 0.15) is 0 Å². The molecule has 1 N–H and O–H groups in total. The first kappa shape index (κ1) is 9.54. The third-order valence-corrected chi connectivity index (χ3v) is 1.30. The number of nitrogens with zero attached hydrogens (tertiary/aromatic N) is 1. The van der Waals surface area contributed by atoms with Gasteiger partial charge in [-0.1, -0.05) is 23.7 Å². The van der Waals surface area contributed by atoms with E-state index in [1.54, 1.807) is 19.1 Å². The Hall–Kier alpha value is -1.55. The van der Waals surface area contributed by atoms with Gasteiger partial charge in [0.05, 0.1) is 6.61 Å². The van der Waals surface area contributed by atoms with Crippen molar-refractivity contribution < 1.29 is 9.63 Å². The summed E-state index contributed by atoms with van der Waals surface area (Å²) in [6.07, 6.45) is 0. The van der Waals surface area contributed by atoms with E-state index < -0.39 is 6.03 Å². The quantitative estimate of drug-likeness (QED) is 0.719. The molecule has 0 unspecified atom stereocenters. The molecule has 69 valence electrons. The summed E-state index contributed by atoms with van der Waals surface area (Å²) in [7, 11) is 0. The van der Waals surface area contributed by atoms with Crippen molar-refractivity contribution in [2.45, 2.75) is 6.92 Å². The van der Waals surface area contributed by atoms with Crippen molar-refractivity contribution in [3.8, 4) is 0 Å². The lowest BCUT2D eigenvalue weighted by atomic mass is 10.3. The van der Waals surface area contributed by atoms with Crippen LogP contribution in [0.1, 0.15) is 6.92 Å². The fourth-order valence-corrected chi connectivity index (χ4v) is 0.791. The monoisotopic (exact) mass is 179 g/mol. The van der Waals surface area contributed by atoms with Gasteiger partial charge in [-0.15, -0.1) is 0 Å². The van der Waals surface area contributed by atoms with Crippen molar-refractivity contribution in [3.63, 3.8) is 0 Å². The van der Waals surface area contributed by atoms with Crippen molar-refractivity contribution in [2.24, 2.45) is 0 Å². The minimum Gasteiger partial charge on any atom is -0.304 e. The van der Waals surface area contributed by atoms with Crippen LogP contribution in [-0.2, 0) is 4.84 Å². The molecule has 0 saturated heterocycles. The SMILES string of the molecule is CCO[N]C(=O)Nc1ccccc1. The maximum Gasteiger partial charge on any atom is 0.368 e. The summed E-state index contributed by atoms with van der Waals surface area (Å²) < 4.78 is 0. The first-order valence-electron chi connectivity index (χ1n) is 4.02. The van der Waals surface area contributed by atoms with E-state index in [0.29, 0.717) is 12.3 Å². The molecule has 0 aromatic heterocycles. The predicted molar refractivity (Wildman–Crippen MR) is 49.2 cm³/mol. The summed E-state index contributed by atoms with van der Waals surface area (Å²) in [5.41, 5.74) is 3.99. The Labute approximate surface area is 76.9 Å². The highest BCUT2D eigenvalue weighted by molar-refractivity contribution is 5.88. The second kappa shape index (κ2) is 5.16. The van der Waals surface area contributed by atoms with Gasteiger partial charge in [-0.3, -0.25) is 0 Å². The second-order valence-corrected chi connectivity index (χ2v) is 2.31. The van der Waals surface area contributed by atoms with Crippen LogP contribution in [0, 0.1) is 0 Å². The Balaban J connectivity index is 2.37. The lowest BCUT2D eigenvalue weighted by molar-refractivity contribution is 0.0687. The van der Waals surface area contributed by atoms with Crippen molar-refractivity contribution >= 4 is 11.7 Å².